The number of carbonyl (C=O) groups is 4. The van der Waals surface area contributed by atoms with Crippen LogP contribution in [0.5, 0.6) is 0 Å². The van der Waals surface area contributed by atoms with Gasteiger partial charge in [0, 0.05) is 13.5 Å². The molecule has 3 amide bonds. The molecular formula is C15H10Cl4N2O5. The lowest BCUT2D eigenvalue weighted by atomic mass is 10.1. The number of imide groups is 1. The summed E-state index contributed by atoms with van der Waals surface area (Å²) >= 11 is 23.8. The van der Waals surface area contributed by atoms with E-state index in [1.165, 1.54) is 11.8 Å². The van der Waals surface area contributed by atoms with Crippen molar-refractivity contribution in [2.24, 2.45) is 0 Å². The maximum absolute atomic E-state index is 12.5. The van der Waals surface area contributed by atoms with E-state index in [9.17, 15) is 19.2 Å². The van der Waals surface area contributed by atoms with Crippen molar-refractivity contribution in [3.8, 4) is 0 Å². The number of carbonyl (C=O) groups excluding carboxylic acids is 4. The molecule has 138 valence electrons. The van der Waals surface area contributed by atoms with Crippen LogP contribution in [-0.4, -0.2) is 46.2 Å². The Labute approximate surface area is 167 Å². The van der Waals surface area contributed by atoms with Crippen LogP contribution in [0, 0.1) is 0 Å². The predicted molar refractivity (Wildman–Crippen MR) is 93.5 cm³/mol. The molecule has 26 heavy (non-hydrogen) atoms. The van der Waals surface area contributed by atoms with E-state index >= 15 is 0 Å². The Balaban J connectivity index is 1.92. The summed E-state index contributed by atoms with van der Waals surface area (Å²) in [6.07, 6.45) is 0.963. The van der Waals surface area contributed by atoms with Crippen LogP contribution in [0.4, 0.5) is 0 Å². The summed E-state index contributed by atoms with van der Waals surface area (Å²) in [4.78, 5) is 55.3. The number of nitrogens with zero attached hydrogens (tertiary/aromatic N) is 2. The van der Waals surface area contributed by atoms with E-state index in [1.807, 2.05) is 0 Å². The summed E-state index contributed by atoms with van der Waals surface area (Å²) < 4.78 is 0. The van der Waals surface area contributed by atoms with Crippen LogP contribution in [-0.2, 0) is 14.4 Å². The van der Waals surface area contributed by atoms with Gasteiger partial charge in [-0.15, -0.1) is 0 Å². The molecule has 2 aliphatic rings. The first-order chi connectivity index (χ1) is 12.2. The molecule has 11 heteroatoms. The zero-order chi connectivity index (χ0) is 19.3. The highest BCUT2D eigenvalue weighted by molar-refractivity contribution is 6.55. The van der Waals surface area contributed by atoms with E-state index in [0.29, 0.717) is 19.4 Å². The molecule has 0 aliphatic carbocycles. The first-order valence-corrected chi connectivity index (χ1v) is 8.91. The number of hydrogen-bond donors (Lipinski definition) is 0. The highest BCUT2D eigenvalue weighted by atomic mass is 35.5. The molecule has 0 N–H and O–H groups in total. The van der Waals surface area contributed by atoms with Crippen molar-refractivity contribution in [3.63, 3.8) is 0 Å². The first kappa shape index (κ1) is 19.2. The van der Waals surface area contributed by atoms with Gasteiger partial charge in [0.25, 0.3) is 11.8 Å². The molecule has 0 saturated carbocycles. The van der Waals surface area contributed by atoms with E-state index in [2.05, 4.69) is 0 Å². The Morgan fingerprint density at radius 1 is 0.962 bits per heavy atom. The fourth-order valence-electron chi connectivity index (χ4n) is 2.95. The molecule has 1 unspecified atom stereocenters. The second-order valence-corrected chi connectivity index (χ2v) is 7.20. The minimum absolute atomic E-state index is 0.190. The normalized spacial score (nSPS) is 19.2. The molecular weight excluding hydrogens is 430 g/mol. The molecule has 0 bridgehead atoms. The van der Waals surface area contributed by atoms with Crippen molar-refractivity contribution in [1.29, 1.82) is 0 Å². The van der Waals surface area contributed by atoms with E-state index in [-0.39, 0.29) is 42.2 Å². The Hall–Kier alpha value is -1.54. The van der Waals surface area contributed by atoms with Gasteiger partial charge in [0.15, 0.2) is 0 Å². The number of benzene rings is 1. The third-order valence-corrected chi connectivity index (χ3v) is 5.98. The highest BCUT2D eigenvalue weighted by Crippen LogP contribution is 2.44. The van der Waals surface area contributed by atoms with Crippen LogP contribution < -0.4 is 0 Å². The lowest BCUT2D eigenvalue weighted by Gasteiger charge is -2.23. The summed E-state index contributed by atoms with van der Waals surface area (Å²) in [5, 5.41) is -0.651. The average molecular weight is 440 g/mol. The lowest BCUT2D eigenvalue weighted by Crippen LogP contribution is -2.44. The fraction of sp³-hybridized carbons (Fsp3) is 0.333. The van der Waals surface area contributed by atoms with Crippen LogP contribution in [0.2, 0.25) is 20.1 Å². The van der Waals surface area contributed by atoms with E-state index in [0.717, 1.165) is 0 Å². The molecule has 0 spiro atoms. The van der Waals surface area contributed by atoms with Gasteiger partial charge in [0.05, 0.1) is 31.2 Å². The molecule has 0 radical (unpaired) electrons. The molecule has 3 rings (SSSR count). The zero-order valence-corrected chi connectivity index (χ0v) is 16.2. The molecule has 1 aromatic rings. The Morgan fingerprint density at radius 2 is 1.46 bits per heavy atom. The summed E-state index contributed by atoms with van der Waals surface area (Å²) in [5.74, 6) is -3.19. The Morgan fingerprint density at radius 3 is 1.92 bits per heavy atom. The van der Waals surface area contributed by atoms with E-state index in [4.69, 9.17) is 51.2 Å². The number of fused-ring (bicyclic) bond motifs is 1. The average Bonchev–Trinajstić information content (AvgIpc) is 3.17. The van der Waals surface area contributed by atoms with Gasteiger partial charge in [-0.3, -0.25) is 14.4 Å². The van der Waals surface area contributed by atoms with Crippen molar-refractivity contribution in [2.75, 3.05) is 6.54 Å². The number of amides is 3. The number of hydroxylamine groups is 2. The Bertz CT molecular complexity index is 825. The van der Waals surface area contributed by atoms with Gasteiger partial charge in [-0.25, -0.2) is 4.79 Å². The summed E-state index contributed by atoms with van der Waals surface area (Å²) in [5.41, 5.74) is -0.586. The van der Waals surface area contributed by atoms with Gasteiger partial charge in [0.1, 0.15) is 6.04 Å². The zero-order valence-electron chi connectivity index (χ0n) is 13.1. The smallest absolute Gasteiger partial charge is 0.329 e. The second kappa shape index (κ2) is 6.88. The van der Waals surface area contributed by atoms with Crippen molar-refractivity contribution in [1.82, 2.24) is 9.96 Å². The third kappa shape index (κ3) is 2.83. The number of likely N-dealkylation sites (tertiary alicyclic amines) is 1. The maximum atomic E-state index is 12.5. The summed E-state index contributed by atoms with van der Waals surface area (Å²) in [7, 11) is 0. The molecule has 2 aliphatic heterocycles. The maximum Gasteiger partial charge on any atom is 0.355 e. The third-order valence-electron chi connectivity index (χ3n) is 4.17. The second-order valence-electron chi connectivity index (χ2n) is 5.69. The van der Waals surface area contributed by atoms with E-state index < -0.39 is 23.8 Å². The van der Waals surface area contributed by atoms with Crippen LogP contribution in [0.25, 0.3) is 0 Å². The van der Waals surface area contributed by atoms with Crippen LogP contribution in [0.15, 0.2) is 0 Å². The predicted octanol–water partition coefficient (Wildman–Crippen LogP) is 3.37. The Kier molecular flexibility index (Phi) is 5.09. The molecule has 1 aromatic carbocycles. The van der Waals surface area contributed by atoms with Crippen molar-refractivity contribution < 1.29 is 24.0 Å². The van der Waals surface area contributed by atoms with Gasteiger partial charge in [-0.1, -0.05) is 51.5 Å². The largest absolute Gasteiger partial charge is 0.355 e. The monoisotopic (exact) mass is 438 g/mol. The topological polar surface area (TPSA) is 84.0 Å². The van der Waals surface area contributed by atoms with Gasteiger partial charge >= 0.3 is 5.97 Å². The molecule has 1 fully saturated rings. The highest BCUT2D eigenvalue weighted by Gasteiger charge is 2.46. The fourth-order valence-corrected chi connectivity index (χ4v) is 3.97. The van der Waals surface area contributed by atoms with Crippen LogP contribution in [0.3, 0.4) is 0 Å². The number of halogens is 4. The first-order valence-electron chi connectivity index (χ1n) is 7.40. The van der Waals surface area contributed by atoms with Gasteiger partial charge in [-0.2, -0.15) is 0 Å². The van der Waals surface area contributed by atoms with Gasteiger partial charge in [0.2, 0.25) is 5.91 Å². The standard InChI is InChI=1S/C15H10Cl4N2O5/c1-5(22)20-4-2-3-6(20)15(25)26-21-13(23)7-8(14(21)24)10(17)12(19)11(18)9(7)16/h6H,2-4H2,1H3. The summed E-state index contributed by atoms with van der Waals surface area (Å²) in [6.45, 7) is 1.71. The van der Waals surface area contributed by atoms with E-state index in [1.54, 1.807) is 0 Å². The van der Waals surface area contributed by atoms with Crippen molar-refractivity contribution in [3.05, 3.63) is 31.2 Å². The van der Waals surface area contributed by atoms with Crippen LogP contribution >= 0.6 is 46.4 Å². The van der Waals surface area contributed by atoms with Gasteiger partial charge in [-0.05, 0) is 12.8 Å². The summed E-state index contributed by atoms with van der Waals surface area (Å²) in [6, 6.07) is -0.880. The minimum atomic E-state index is -0.990. The number of hydrogen-bond acceptors (Lipinski definition) is 5. The SMILES string of the molecule is CC(=O)N1CCCC1C(=O)ON1C(=O)c2c(Cl)c(Cl)c(Cl)c(Cl)c2C1=O. The minimum Gasteiger partial charge on any atom is -0.329 e. The quantitative estimate of drug-likeness (QED) is 0.400. The molecule has 1 saturated heterocycles. The van der Waals surface area contributed by atoms with Crippen molar-refractivity contribution >= 4 is 70.1 Å². The number of rotatable bonds is 2. The molecule has 0 aromatic heterocycles. The van der Waals surface area contributed by atoms with Crippen molar-refractivity contribution in [2.45, 2.75) is 25.8 Å². The van der Waals surface area contributed by atoms with Crippen LogP contribution in [0.1, 0.15) is 40.5 Å². The molecule has 7 nitrogen and oxygen atoms in total. The molecule has 1 atom stereocenters. The van der Waals surface area contributed by atoms with Gasteiger partial charge < -0.3 is 9.74 Å². The molecule has 2 heterocycles. The lowest BCUT2D eigenvalue weighted by molar-refractivity contribution is -0.175.